The van der Waals surface area contributed by atoms with E-state index >= 15 is 0 Å². The maximum absolute atomic E-state index is 13.5. The number of nitrogens with one attached hydrogen (secondary N) is 2. The molecule has 2 aromatic rings. The number of hydroxylamine groups is 1. The van der Waals surface area contributed by atoms with Crippen molar-refractivity contribution >= 4 is 17.7 Å². The average molecular weight is 381 g/mol. The van der Waals surface area contributed by atoms with E-state index in [0.29, 0.717) is 36.4 Å². The lowest BCUT2D eigenvalue weighted by Crippen LogP contribution is -2.58. The number of rotatable bonds is 6. The molecule has 1 amide bonds. The summed E-state index contributed by atoms with van der Waals surface area (Å²) in [6.07, 6.45) is 1.23. The minimum Gasteiger partial charge on any atom is -0.494 e. The molecule has 140 valence electrons. The summed E-state index contributed by atoms with van der Waals surface area (Å²) in [4.78, 5) is 12.1. The zero-order valence-corrected chi connectivity index (χ0v) is 15.1. The van der Waals surface area contributed by atoms with Crippen LogP contribution in [0.5, 0.6) is 5.75 Å². The van der Waals surface area contributed by atoms with E-state index in [0.717, 1.165) is 11.5 Å². The van der Waals surface area contributed by atoms with E-state index in [-0.39, 0.29) is 5.75 Å². The average Bonchev–Trinajstić information content (AvgIpc) is 3.16. The summed E-state index contributed by atoms with van der Waals surface area (Å²) in [6.45, 7) is 0.305. The third-order valence-corrected chi connectivity index (χ3v) is 5.47. The fourth-order valence-electron chi connectivity index (χ4n) is 2.91. The largest absolute Gasteiger partial charge is 0.494 e. The van der Waals surface area contributed by atoms with Crippen LogP contribution < -0.4 is 15.5 Å². The van der Waals surface area contributed by atoms with Crippen molar-refractivity contribution in [3.63, 3.8) is 0 Å². The van der Waals surface area contributed by atoms with Crippen molar-refractivity contribution in [3.05, 3.63) is 35.8 Å². The lowest BCUT2D eigenvalue weighted by molar-refractivity contribution is -0.136. The zero-order valence-electron chi connectivity index (χ0n) is 14.3. The highest BCUT2D eigenvalue weighted by Crippen LogP contribution is 2.29. The van der Waals surface area contributed by atoms with Crippen molar-refractivity contribution < 1.29 is 23.7 Å². The normalized spacial score (nSPS) is 16.3. The number of amides is 1. The van der Waals surface area contributed by atoms with Gasteiger partial charge in [0.25, 0.3) is 5.91 Å². The Labute approximate surface area is 154 Å². The molecule has 3 rings (SSSR count). The molecule has 26 heavy (non-hydrogen) atoms. The molecule has 0 bridgehead atoms. The number of ether oxygens (including phenoxy) is 1. The predicted molar refractivity (Wildman–Crippen MR) is 94.5 cm³/mol. The van der Waals surface area contributed by atoms with Crippen LogP contribution in [-0.4, -0.2) is 40.4 Å². The molecule has 1 saturated heterocycles. The Hall–Kier alpha value is -2.10. The van der Waals surface area contributed by atoms with Gasteiger partial charge in [0.15, 0.2) is 17.3 Å². The Morgan fingerprint density at radius 2 is 2.19 bits per heavy atom. The van der Waals surface area contributed by atoms with Crippen molar-refractivity contribution in [3.8, 4) is 17.1 Å². The number of carbonyl (C=O) groups excluding carboxylic acids is 1. The van der Waals surface area contributed by atoms with Gasteiger partial charge in [0.2, 0.25) is 0 Å². The van der Waals surface area contributed by atoms with Gasteiger partial charge in [-0.1, -0.05) is 5.16 Å². The fraction of sp³-hybridized carbons (Fsp3) is 0.412. The van der Waals surface area contributed by atoms with Gasteiger partial charge < -0.3 is 9.26 Å². The molecule has 9 heteroatoms. The lowest BCUT2D eigenvalue weighted by atomic mass is 9.91. The first-order chi connectivity index (χ1) is 12.6. The van der Waals surface area contributed by atoms with Crippen LogP contribution in [0.3, 0.4) is 0 Å². The number of nitrogens with zero attached hydrogens (tertiary/aromatic N) is 1. The number of hydrogen-bond acceptors (Lipinski definition) is 7. The number of methoxy groups -OCH3 is 1. The first kappa shape index (κ1) is 18.7. The van der Waals surface area contributed by atoms with E-state index in [1.165, 1.54) is 19.2 Å². The highest BCUT2D eigenvalue weighted by molar-refractivity contribution is 7.99. The number of thioether (sulfide) groups is 1. The second-order valence-corrected chi connectivity index (χ2v) is 7.25. The highest BCUT2D eigenvalue weighted by atomic mass is 32.2. The topological polar surface area (TPSA) is 96.6 Å². The predicted octanol–water partition coefficient (Wildman–Crippen LogP) is 2.35. The van der Waals surface area contributed by atoms with Gasteiger partial charge in [0, 0.05) is 18.2 Å². The first-order valence-electron chi connectivity index (χ1n) is 8.15. The quantitative estimate of drug-likeness (QED) is 0.522. The summed E-state index contributed by atoms with van der Waals surface area (Å²) in [7, 11) is 1.39. The summed E-state index contributed by atoms with van der Waals surface area (Å²) in [5, 5.41) is 16.3. The van der Waals surface area contributed by atoms with E-state index in [1.54, 1.807) is 29.4 Å². The van der Waals surface area contributed by atoms with Crippen molar-refractivity contribution in [2.24, 2.45) is 0 Å². The molecule has 0 spiro atoms. The Kier molecular flexibility index (Phi) is 5.80. The summed E-state index contributed by atoms with van der Waals surface area (Å²) < 4.78 is 23.8. The SMILES string of the molecule is COc1cc(-c2cc(CNC3(C(=O)NO)CCSCC3)no2)ccc1F. The van der Waals surface area contributed by atoms with E-state index in [2.05, 4.69) is 10.5 Å². The smallest absolute Gasteiger partial charge is 0.263 e. The molecule has 3 N–H and O–H groups in total. The minimum atomic E-state index is -0.821. The Morgan fingerprint density at radius 3 is 2.88 bits per heavy atom. The number of halogens is 1. The van der Waals surface area contributed by atoms with Gasteiger partial charge in [-0.3, -0.25) is 15.3 Å². The fourth-order valence-corrected chi connectivity index (χ4v) is 4.10. The van der Waals surface area contributed by atoms with Crippen LogP contribution in [0.4, 0.5) is 4.39 Å². The van der Waals surface area contributed by atoms with E-state index in [1.807, 2.05) is 0 Å². The van der Waals surface area contributed by atoms with Crippen LogP contribution in [-0.2, 0) is 11.3 Å². The molecule has 1 fully saturated rings. The molecule has 1 aromatic heterocycles. The third-order valence-electron chi connectivity index (χ3n) is 4.49. The molecule has 0 aliphatic carbocycles. The van der Waals surface area contributed by atoms with Crippen LogP contribution in [0.1, 0.15) is 18.5 Å². The van der Waals surface area contributed by atoms with Crippen molar-refractivity contribution in [2.75, 3.05) is 18.6 Å². The van der Waals surface area contributed by atoms with Crippen LogP contribution in [0.15, 0.2) is 28.8 Å². The maximum Gasteiger partial charge on any atom is 0.263 e. The first-order valence-corrected chi connectivity index (χ1v) is 9.30. The number of carbonyl (C=O) groups is 1. The van der Waals surface area contributed by atoms with Gasteiger partial charge in [-0.2, -0.15) is 11.8 Å². The molecule has 0 unspecified atom stereocenters. The number of benzene rings is 1. The summed E-state index contributed by atoms with van der Waals surface area (Å²) in [5.41, 5.74) is 2.18. The van der Waals surface area contributed by atoms with Gasteiger partial charge in [-0.25, -0.2) is 9.87 Å². The van der Waals surface area contributed by atoms with Gasteiger partial charge in [0.05, 0.1) is 12.8 Å². The molecule has 7 nitrogen and oxygen atoms in total. The Balaban J connectivity index is 1.73. The summed E-state index contributed by atoms with van der Waals surface area (Å²) in [6, 6.07) is 6.14. The summed E-state index contributed by atoms with van der Waals surface area (Å²) in [5.74, 6) is 1.37. The number of aromatic nitrogens is 1. The molecule has 0 radical (unpaired) electrons. The van der Waals surface area contributed by atoms with E-state index < -0.39 is 17.3 Å². The molecule has 2 heterocycles. The van der Waals surface area contributed by atoms with E-state index in [9.17, 15) is 9.18 Å². The molecule has 0 atom stereocenters. The van der Waals surface area contributed by atoms with Crippen molar-refractivity contribution in [2.45, 2.75) is 24.9 Å². The van der Waals surface area contributed by atoms with Crippen molar-refractivity contribution in [1.82, 2.24) is 16.0 Å². The Bertz CT molecular complexity index is 777. The molecular formula is C17H20FN3O4S. The van der Waals surface area contributed by atoms with Crippen LogP contribution >= 0.6 is 11.8 Å². The van der Waals surface area contributed by atoms with Crippen molar-refractivity contribution in [1.29, 1.82) is 0 Å². The van der Waals surface area contributed by atoms with Gasteiger partial charge in [0.1, 0.15) is 5.54 Å². The van der Waals surface area contributed by atoms with Crippen LogP contribution in [0.2, 0.25) is 0 Å². The molecule has 0 saturated carbocycles. The zero-order chi connectivity index (χ0) is 18.6. The lowest BCUT2D eigenvalue weighted by Gasteiger charge is -2.35. The van der Waals surface area contributed by atoms with Gasteiger partial charge >= 0.3 is 0 Å². The standard InChI is InChI=1S/C17H20FN3O4S/c1-24-15-8-11(2-3-13(15)18)14-9-12(21-25-14)10-19-17(16(22)20-23)4-6-26-7-5-17/h2-3,8-9,19,23H,4-7,10H2,1H3,(H,20,22). The summed E-state index contributed by atoms with van der Waals surface area (Å²) >= 11 is 1.77. The molecule has 1 aliphatic heterocycles. The van der Waals surface area contributed by atoms with Gasteiger partial charge in [-0.15, -0.1) is 0 Å². The second-order valence-electron chi connectivity index (χ2n) is 6.02. The Morgan fingerprint density at radius 1 is 1.42 bits per heavy atom. The van der Waals surface area contributed by atoms with Crippen LogP contribution in [0.25, 0.3) is 11.3 Å². The third kappa shape index (κ3) is 3.84. The highest BCUT2D eigenvalue weighted by Gasteiger charge is 2.39. The molecule has 1 aliphatic rings. The van der Waals surface area contributed by atoms with Gasteiger partial charge in [-0.05, 0) is 42.5 Å². The van der Waals surface area contributed by atoms with Crippen LogP contribution in [0, 0.1) is 5.82 Å². The number of hydrogen-bond donors (Lipinski definition) is 3. The maximum atomic E-state index is 13.5. The monoisotopic (exact) mass is 381 g/mol. The minimum absolute atomic E-state index is 0.122. The van der Waals surface area contributed by atoms with E-state index in [4.69, 9.17) is 14.5 Å². The molecule has 1 aromatic carbocycles. The second kappa shape index (κ2) is 8.07. The molecular weight excluding hydrogens is 361 g/mol.